The summed E-state index contributed by atoms with van der Waals surface area (Å²) >= 11 is 0. The van der Waals surface area contributed by atoms with Gasteiger partial charge in [0.15, 0.2) is 5.69 Å². The average molecular weight is 204 g/mol. The fourth-order valence-corrected chi connectivity index (χ4v) is 1.49. The molecule has 0 bridgehead atoms. The first kappa shape index (κ1) is 9.87. The lowest BCUT2D eigenvalue weighted by Crippen LogP contribution is -2.43. The first-order valence-corrected chi connectivity index (χ1v) is 4.90. The number of nitrogens with one attached hydrogen (secondary N) is 1. The van der Waals surface area contributed by atoms with Gasteiger partial charge in [0, 0.05) is 6.54 Å². The number of nitrogens with zero attached hydrogens (tertiary/aromatic N) is 3. The van der Waals surface area contributed by atoms with Crippen molar-refractivity contribution < 1.29 is 5.11 Å². The zero-order valence-corrected chi connectivity index (χ0v) is 8.27. The molecule has 78 valence electrons. The maximum absolute atomic E-state index is 9.81. The fourth-order valence-electron chi connectivity index (χ4n) is 1.49. The van der Waals surface area contributed by atoms with Crippen LogP contribution in [0.25, 0.3) is 0 Å². The number of anilines is 1. The molecule has 1 fully saturated rings. The predicted octanol–water partition coefficient (Wildman–Crippen LogP) is 0.675. The molecule has 0 amide bonds. The van der Waals surface area contributed by atoms with E-state index in [2.05, 4.69) is 15.3 Å². The van der Waals surface area contributed by atoms with Crippen LogP contribution in [0.15, 0.2) is 12.4 Å². The summed E-state index contributed by atoms with van der Waals surface area (Å²) in [6.07, 6.45) is 5.67. The van der Waals surface area contributed by atoms with Crippen LogP contribution in [0.2, 0.25) is 0 Å². The highest BCUT2D eigenvalue weighted by Gasteiger charge is 2.33. The molecule has 2 N–H and O–H groups in total. The quantitative estimate of drug-likeness (QED) is 0.756. The topological polar surface area (TPSA) is 81.8 Å². The van der Waals surface area contributed by atoms with Crippen LogP contribution in [0.4, 0.5) is 5.82 Å². The highest BCUT2D eigenvalue weighted by Crippen LogP contribution is 2.31. The standard InChI is InChI=1S/C10H12N4O/c11-4-8-5-13-9(6-12-8)14-7-10(15)2-1-3-10/h5-6,15H,1-3,7H2,(H,13,14). The Bertz CT molecular complexity index is 377. The Morgan fingerprint density at radius 1 is 1.47 bits per heavy atom. The highest BCUT2D eigenvalue weighted by atomic mass is 16.3. The van der Waals surface area contributed by atoms with E-state index >= 15 is 0 Å². The molecule has 0 atom stereocenters. The van der Waals surface area contributed by atoms with E-state index in [0.717, 1.165) is 19.3 Å². The van der Waals surface area contributed by atoms with Crippen molar-refractivity contribution in [3.8, 4) is 6.07 Å². The minimum Gasteiger partial charge on any atom is -0.388 e. The Morgan fingerprint density at radius 2 is 2.27 bits per heavy atom. The van der Waals surface area contributed by atoms with Gasteiger partial charge in [0.25, 0.3) is 0 Å². The fraction of sp³-hybridized carbons (Fsp3) is 0.500. The van der Waals surface area contributed by atoms with Crippen molar-refractivity contribution in [1.82, 2.24) is 9.97 Å². The molecule has 1 aliphatic rings. The highest BCUT2D eigenvalue weighted by molar-refractivity contribution is 5.33. The lowest BCUT2D eigenvalue weighted by atomic mass is 9.80. The molecule has 5 nitrogen and oxygen atoms in total. The van der Waals surface area contributed by atoms with Gasteiger partial charge in [0.05, 0.1) is 18.0 Å². The summed E-state index contributed by atoms with van der Waals surface area (Å²) in [6.45, 7) is 0.494. The van der Waals surface area contributed by atoms with Gasteiger partial charge in [-0.2, -0.15) is 5.26 Å². The molecule has 0 spiro atoms. The molecule has 0 saturated heterocycles. The second-order valence-corrected chi connectivity index (χ2v) is 3.83. The van der Waals surface area contributed by atoms with Crippen molar-refractivity contribution >= 4 is 5.82 Å². The van der Waals surface area contributed by atoms with Crippen molar-refractivity contribution in [2.45, 2.75) is 24.9 Å². The van der Waals surface area contributed by atoms with Crippen molar-refractivity contribution in [2.24, 2.45) is 0 Å². The van der Waals surface area contributed by atoms with E-state index in [1.54, 1.807) is 0 Å². The third-order valence-corrected chi connectivity index (χ3v) is 2.65. The lowest BCUT2D eigenvalue weighted by Gasteiger charge is -2.36. The molecular weight excluding hydrogens is 192 g/mol. The third-order valence-electron chi connectivity index (χ3n) is 2.65. The van der Waals surface area contributed by atoms with Gasteiger partial charge in [0.1, 0.15) is 11.9 Å². The number of aliphatic hydroxyl groups is 1. The zero-order chi connectivity index (χ0) is 10.7. The van der Waals surface area contributed by atoms with E-state index in [1.165, 1.54) is 12.4 Å². The molecule has 1 heterocycles. The maximum Gasteiger partial charge on any atom is 0.158 e. The predicted molar refractivity (Wildman–Crippen MR) is 54.0 cm³/mol. The first-order chi connectivity index (χ1) is 7.22. The van der Waals surface area contributed by atoms with Gasteiger partial charge in [0.2, 0.25) is 0 Å². The lowest BCUT2D eigenvalue weighted by molar-refractivity contribution is -0.0202. The minimum absolute atomic E-state index is 0.294. The SMILES string of the molecule is N#Cc1cnc(NCC2(O)CCC2)cn1. The Balaban J connectivity index is 1.91. The molecule has 2 rings (SSSR count). The Kier molecular flexibility index (Phi) is 2.52. The van der Waals surface area contributed by atoms with Crippen LogP contribution >= 0.6 is 0 Å². The summed E-state index contributed by atoms with van der Waals surface area (Å²) in [5.74, 6) is 0.592. The van der Waals surface area contributed by atoms with Gasteiger partial charge in [-0.25, -0.2) is 9.97 Å². The van der Waals surface area contributed by atoms with Crippen molar-refractivity contribution in [2.75, 3.05) is 11.9 Å². The summed E-state index contributed by atoms with van der Waals surface area (Å²) < 4.78 is 0. The summed E-state index contributed by atoms with van der Waals surface area (Å²) in [7, 11) is 0. The van der Waals surface area contributed by atoms with Crippen molar-refractivity contribution in [1.29, 1.82) is 5.26 Å². The first-order valence-electron chi connectivity index (χ1n) is 4.90. The maximum atomic E-state index is 9.81. The number of aromatic nitrogens is 2. The summed E-state index contributed by atoms with van der Waals surface area (Å²) in [5.41, 5.74) is -0.279. The van der Waals surface area contributed by atoms with E-state index in [0.29, 0.717) is 18.1 Å². The molecule has 0 aromatic carbocycles. The largest absolute Gasteiger partial charge is 0.388 e. The number of rotatable bonds is 3. The molecule has 1 aromatic rings. The van der Waals surface area contributed by atoms with Gasteiger partial charge in [-0.1, -0.05) is 0 Å². The van der Waals surface area contributed by atoms with E-state index in [9.17, 15) is 5.11 Å². The zero-order valence-electron chi connectivity index (χ0n) is 8.27. The van der Waals surface area contributed by atoms with Crippen LogP contribution in [0.5, 0.6) is 0 Å². The second kappa shape index (κ2) is 3.83. The summed E-state index contributed by atoms with van der Waals surface area (Å²) in [6, 6.07) is 1.90. The molecule has 0 aliphatic heterocycles. The summed E-state index contributed by atoms with van der Waals surface area (Å²) in [5, 5.41) is 21.3. The molecular formula is C10H12N4O. The smallest absolute Gasteiger partial charge is 0.158 e. The van der Waals surface area contributed by atoms with Crippen LogP contribution < -0.4 is 5.32 Å². The molecule has 5 heteroatoms. The number of hydrogen-bond donors (Lipinski definition) is 2. The van der Waals surface area contributed by atoms with Crippen LogP contribution in [-0.2, 0) is 0 Å². The molecule has 1 aromatic heterocycles. The van der Waals surface area contributed by atoms with E-state index in [1.807, 2.05) is 6.07 Å². The Labute approximate surface area is 87.8 Å². The monoisotopic (exact) mass is 204 g/mol. The van der Waals surface area contributed by atoms with Crippen molar-refractivity contribution in [3.63, 3.8) is 0 Å². The second-order valence-electron chi connectivity index (χ2n) is 3.83. The van der Waals surface area contributed by atoms with E-state index in [-0.39, 0.29) is 0 Å². The van der Waals surface area contributed by atoms with Crippen LogP contribution in [0.1, 0.15) is 25.0 Å². The third kappa shape index (κ3) is 2.22. The van der Waals surface area contributed by atoms with Crippen LogP contribution in [0, 0.1) is 11.3 Å². The minimum atomic E-state index is -0.574. The van der Waals surface area contributed by atoms with E-state index in [4.69, 9.17) is 5.26 Å². The Hall–Kier alpha value is -1.67. The molecule has 0 unspecified atom stereocenters. The Morgan fingerprint density at radius 3 is 2.73 bits per heavy atom. The van der Waals surface area contributed by atoms with Gasteiger partial charge in [-0.15, -0.1) is 0 Å². The number of nitriles is 1. The van der Waals surface area contributed by atoms with Gasteiger partial charge in [-0.05, 0) is 19.3 Å². The van der Waals surface area contributed by atoms with Crippen LogP contribution in [-0.4, -0.2) is 27.2 Å². The summed E-state index contributed by atoms with van der Waals surface area (Å²) in [4.78, 5) is 7.88. The van der Waals surface area contributed by atoms with Gasteiger partial charge >= 0.3 is 0 Å². The molecule has 15 heavy (non-hydrogen) atoms. The van der Waals surface area contributed by atoms with Crippen molar-refractivity contribution in [3.05, 3.63) is 18.1 Å². The molecule has 0 radical (unpaired) electrons. The number of hydrogen-bond acceptors (Lipinski definition) is 5. The average Bonchev–Trinajstić information content (AvgIpc) is 2.24. The van der Waals surface area contributed by atoms with Crippen LogP contribution in [0.3, 0.4) is 0 Å². The van der Waals surface area contributed by atoms with Gasteiger partial charge in [-0.3, -0.25) is 0 Å². The normalized spacial score (nSPS) is 17.6. The molecule has 1 aliphatic carbocycles. The van der Waals surface area contributed by atoms with Gasteiger partial charge < -0.3 is 10.4 Å². The van der Waals surface area contributed by atoms with E-state index < -0.39 is 5.60 Å². The molecule has 1 saturated carbocycles.